The number of hydrogen-bond donors (Lipinski definition) is 4. The molecule has 4 heterocycles. The van der Waals surface area contributed by atoms with E-state index in [1.807, 2.05) is 23.6 Å². The molecule has 4 N–H and O–H groups in total. The number of aromatic nitrogens is 2. The molecule has 3 amide bonds. The number of carboxylic acid groups (broad SMARTS) is 1. The molecule has 0 bridgehead atoms. The lowest BCUT2D eigenvalue weighted by Crippen LogP contribution is -2.56. The lowest BCUT2D eigenvalue weighted by atomic mass is 10.0. The van der Waals surface area contributed by atoms with Gasteiger partial charge in [0.2, 0.25) is 11.8 Å². The van der Waals surface area contributed by atoms with Gasteiger partial charge in [-0.15, -0.1) is 11.3 Å². The minimum Gasteiger partial charge on any atom is -0.497 e. The van der Waals surface area contributed by atoms with Gasteiger partial charge in [-0.1, -0.05) is 25.0 Å². The molecular weight excluding hydrogens is 689 g/mol. The van der Waals surface area contributed by atoms with Crippen LogP contribution in [-0.2, 0) is 19.1 Å². The van der Waals surface area contributed by atoms with E-state index in [2.05, 4.69) is 20.9 Å². The third kappa shape index (κ3) is 8.09. The highest BCUT2D eigenvalue weighted by molar-refractivity contribution is 7.14. The predicted molar refractivity (Wildman–Crippen MR) is 195 cm³/mol. The zero-order chi connectivity index (χ0) is 37.2. The number of nitrogens with zero attached hydrogens (tertiary/aromatic N) is 3. The quantitative estimate of drug-likeness (QED) is 0.236. The highest BCUT2D eigenvalue weighted by Crippen LogP contribution is 2.45. The van der Waals surface area contributed by atoms with Crippen LogP contribution >= 0.6 is 11.3 Å². The minimum absolute atomic E-state index is 0.0166. The molecule has 0 unspecified atom stereocenters. The number of thiazole rings is 1. The summed E-state index contributed by atoms with van der Waals surface area (Å²) in [6, 6.07) is 5.19. The number of fused-ring (bicyclic) bond motifs is 3. The minimum atomic E-state index is -1.45. The van der Waals surface area contributed by atoms with Crippen molar-refractivity contribution in [3.05, 3.63) is 41.8 Å². The summed E-state index contributed by atoms with van der Waals surface area (Å²) in [7, 11) is 3.36. The number of benzene rings is 1. The average molecular weight is 735 g/mol. The SMILES string of the molecule is CNc1nc(-c2cc(O[C@@H]3C[C@H]4C(=O)N[C@]5(C(=O)O)C[C@H]5/C=C\CCCCC[C@@H](NC(=O)OC(C)(C)C)C(=O)N4C3)c3ccc(OC)cc3n2)cs1. The number of amides is 3. The number of hydrogen-bond acceptors (Lipinski definition) is 11. The first-order valence-electron chi connectivity index (χ1n) is 17.6. The zero-order valence-corrected chi connectivity index (χ0v) is 30.9. The number of aliphatic carboxylic acids is 1. The molecule has 5 atom stereocenters. The monoisotopic (exact) mass is 734 g/mol. The molecule has 3 aromatic rings. The maximum absolute atomic E-state index is 14.4. The van der Waals surface area contributed by atoms with E-state index in [1.54, 1.807) is 53.1 Å². The number of ether oxygens (including phenoxy) is 3. The van der Waals surface area contributed by atoms with Crippen LogP contribution in [0.1, 0.15) is 65.7 Å². The Morgan fingerprint density at radius 3 is 2.63 bits per heavy atom. The number of allylic oxidation sites excluding steroid dienone is 1. The van der Waals surface area contributed by atoms with E-state index in [0.717, 1.165) is 24.4 Å². The van der Waals surface area contributed by atoms with Crippen molar-refractivity contribution in [1.82, 2.24) is 25.5 Å². The van der Waals surface area contributed by atoms with Gasteiger partial charge < -0.3 is 40.2 Å². The number of rotatable bonds is 7. The molecule has 15 heteroatoms. The number of nitrogens with one attached hydrogen (secondary N) is 3. The van der Waals surface area contributed by atoms with Crippen molar-refractivity contribution in [2.45, 2.75) is 95.0 Å². The highest BCUT2D eigenvalue weighted by atomic mass is 32.1. The van der Waals surface area contributed by atoms with Crippen molar-refractivity contribution >= 4 is 51.2 Å². The van der Waals surface area contributed by atoms with Crippen LogP contribution in [0.5, 0.6) is 11.5 Å². The second kappa shape index (κ2) is 15.0. The van der Waals surface area contributed by atoms with Crippen LogP contribution in [0.25, 0.3) is 22.3 Å². The topological polar surface area (TPSA) is 181 Å². The summed E-state index contributed by atoms with van der Waals surface area (Å²) in [4.78, 5) is 64.8. The predicted octanol–water partition coefficient (Wildman–Crippen LogP) is 5.13. The summed E-state index contributed by atoms with van der Waals surface area (Å²) in [5.41, 5.74) is -0.437. The summed E-state index contributed by atoms with van der Waals surface area (Å²) in [6.07, 6.45) is 6.12. The van der Waals surface area contributed by atoms with Crippen molar-refractivity contribution in [3.8, 4) is 22.9 Å². The lowest BCUT2D eigenvalue weighted by molar-refractivity contribution is -0.145. The average Bonchev–Trinajstić information content (AvgIpc) is 3.39. The van der Waals surface area contributed by atoms with E-state index in [9.17, 15) is 24.3 Å². The first-order chi connectivity index (χ1) is 24.8. The molecule has 2 aromatic heterocycles. The summed E-state index contributed by atoms with van der Waals surface area (Å²) in [5.74, 6) is -1.45. The second-order valence-electron chi connectivity index (χ2n) is 14.5. The molecular formula is C37H46N6O8S. The molecule has 1 aliphatic carbocycles. The third-order valence-electron chi connectivity index (χ3n) is 9.57. The largest absolute Gasteiger partial charge is 0.497 e. The van der Waals surface area contributed by atoms with Gasteiger partial charge in [-0.3, -0.25) is 9.59 Å². The fourth-order valence-corrected chi connectivity index (χ4v) is 7.48. The summed E-state index contributed by atoms with van der Waals surface area (Å²) >= 11 is 1.44. The number of carbonyl (C=O) groups excluding carboxylic acids is 3. The molecule has 1 saturated carbocycles. The Kier molecular flexibility index (Phi) is 10.6. The van der Waals surface area contributed by atoms with Gasteiger partial charge in [-0.25, -0.2) is 19.6 Å². The molecule has 278 valence electrons. The zero-order valence-electron chi connectivity index (χ0n) is 30.1. The number of anilines is 1. The first-order valence-corrected chi connectivity index (χ1v) is 18.5. The van der Waals surface area contributed by atoms with Crippen LogP contribution in [0.2, 0.25) is 0 Å². The van der Waals surface area contributed by atoms with Crippen LogP contribution in [0.15, 0.2) is 41.8 Å². The van der Waals surface area contributed by atoms with Gasteiger partial charge in [0.05, 0.1) is 24.9 Å². The van der Waals surface area contributed by atoms with E-state index < -0.39 is 53.2 Å². The Morgan fingerprint density at radius 1 is 1.12 bits per heavy atom. The maximum atomic E-state index is 14.4. The van der Waals surface area contributed by atoms with Crippen LogP contribution in [0, 0.1) is 5.92 Å². The number of methoxy groups -OCH3 is 1. The molecule has 2 aliphatic heterocycles. The normalized spacial score (nSPS) is 25.8. The maximum Gasteiger partial charge on any atom is 0.408 e. The van der Waals surface area contributed by atoms with Crippen molar-refractivity contribution in [3.63, 3.8) is 0 Å². The molecule has 0 radical (unpaired) electrons. The van der Waals surface area contributed by atoms with E-state index in [-0.39, 0.29) is 25.3 Å². The Morgan fingerprint density at radius 2 is 1.92 bits per heavy atom. The smallest absolute Gasteiger partial charge is 0.408 e. The number of pyridine rings is 1. The molecule has 1 aromatic carbocycles. The molecule has 0 spiro atoms. The molecule has 6 rings (SSSR count). The van der Waals surface area contributed by atoms with E-state index in [4.69, 9.17) is 19.2 Å². The van der Waals surface area contributed by atoms with Crippen molar-refractivity contribution < 1.29 is 38.5 Å². The molecule has 2 fully saturated rings. The Bertz CT molecular complexity index is 1870. The number of alkyl carbamates (subject to hydrolysis) is 1. The fourth-order valence-electron chi connectivity index (χ4n) is 6.81. The Balaban J connectivity index is 1.34. The van der Waals surface area contributed by atoms with Crippen LogP contribution < -0.4 is 25.4 Å². The van der Waals surface area contributed by atoms with Crippen LogP contribution in [-0.4, -0.2) is 93.9 Å². The van der Waals surface area contributed by atoms with Gasteiger partial charge in [0, 0.05) is 42.3 Å². The molecule has 3 aliphatic rings. The lowest BCUT2D eigenvalue weighted by Gasteiger charge is -2.30. The van der Waals surface area contributed by atoms with Gasteiger partial charge in [0.15, 0.2) is 5.13 Å². The molecule has 14 nitrogen and oxygen atoms in total. The molecule has 52 heavy (non-hydrogen) atoms. The van der Waals surface area contributed by atoms with E-state index in [1.165, 1.54) is 16.2 Å². The first kappa shape index (κ1) is 36.9. The van der Waals surface area contributed by atoms with Crippen molar-refractivity contribution in [2.75, 3.05) is 26.0 Å². The van der Waals surface area contributed by atoms with Crippen molar-refractivity contribution in [2.24, 2.45) is 5.92 Å². The number of carboxylic acids is 1. The third-order valence-corrected chi connectivity index (χ3v) is 10.4. The Hall–Kier alpha value is -4.92. The van der Waals surface area contributed by atoms with Crippen molar-refractivity contribution in [1.29, 1.82) is 0 Å². The summed E-state index contributed by atoms with van der Waals surface area (Å²) in [6.45, 7) is 5.23. The van der Waals surface area contributed by atoms with Crippen LogP contribution in [0.3, 0.4) is 0 Å². The highest BCUT2D eigenvalue weighted by Gasteiger charge is 2.61. The standard InChI is InChI=1S/C37H46N6O8S/c1-36(2,3)51-35(48)41-25-12-10-8-6-7-9-11-21-18-37(21,33(46)47)42-31(44)29-16-23(19-43(29)32(25)45)50-30-17-27(28-20-52-34(38-4)40-28)39-26-15-22(49-5)13-14-24(26)30/h9,11,13-15,17,20-21,23,25,29H,6-8,10,12,16,18-19H2,1-5H3,(H,38,40)(H,41,48)(H,42,44)(H,46,47)/b11-9-/t21-,23-,25-,29+,37-/m1/s1. The van der Waals surface area contributed by atoms with E-state index >= 15 is 0 Å². The Labute approximate surface area is 306 Å². The van der Waals surface area contributed by atoms with Gasteiger partial charge in [-0.05, 0) is 58.6 Å². The van der Waals surface area contributed by atoms with Gasteiger partial charge in [0.1, 0.15) is 46.5 Å². The van der Waals surface area contributed by atoms with Gasteiger partial charge >= 0.3 is 12.1 Å². The summed E-state index contributed by atoms with van der Waals surface area (Å²) in [5, 5.41) is 22.1. The van der Waals surface area contributed by atoms with Crippen LogP contribution in [0.4, 0.5) is 9.93 Å². The fraction of sp³-hybridized carbons (Fsp3) is 0.514. The van der Waals surface area contributed by atoms with E-state index in [0.29, 0.717) is 46.6 Å². The molecule has 1 saturated heterocycles. The summed E-state index contributed by atoms with van der Waals surface area (Å²) < 4.78 is 17.6. The van der Waals surface area contributed by atoms with Gasteiger partial charge in [-0.2, -0.15) is 0 Å². The number of carbonyl (C=O) groups is 4. The second-order valence-corrected chi connectivity index (χ2v) is 15.4. The van der Waals surface area contributed by atoms with Gasteiger partial charge in [0.25, 0.3) is 0 Å².